The van der Waals surface area contributed by atoms with Crippen LogP contribution in [0.5, 0.6) is 0 Å². The molecule has 0 saturated heterocycles. The molecule has 1 aromatic rings. The molecule has 0 amide bonds. The number of hydrogen-bond acceptors (Lipinski definition) is 4. The predicted molar refractivity (Wildman–Crippen MR) is 66.7 cm³/mol. The maximum absolute atomic E-state index is 11.8. The monoisotopic (exact) mass is 278 g/mol. The average Bonchev–Trinajstić information content (AvgIpc) is 2.63. The summed E-state index contributed by atoms with van der Waals surface area (Å²) in [6, 6.07) is 1.22. The molecule has 0 spiro atoms. The Kier molecular flexibility index (Phi) is 4.12. The molecule has 0 aliphatic heterocycles. The molecule has 0 aliphatic rings. The summed E-state index contributed by atoms with van der Waals surface area (Å²) in [5.74, 6) is -1.15. The SMILES string of the molecule is CC(C)N(C)S(=O)(=O)Nc1ccsc1C(=O)O. The summed E-state index contributed by atoms with van der Waals surface area (Å²) in [4.78, 5) is 10.8. The lowest BCUT2D eigenvalue weighted by Crippen LogP contribution is -2.37. The van der Waals surface area contributed by atoms with Crippen molar-refractivity contribution in [2.75, 3.05) is 11.8 Å². The minimum absolute atomic E-state index is 0.0225. The maximum atomic E-state index is 11.8. The number of thiophene rings is 1. The van der Waals surface area contributed by atoms with E-state index in [2.05, 4.69) is 4.72 Å². The number of carboxylic acids is 1. The van der Waals surface area contributed by atoms with Gasteiger partial charge in [0.2, 0.25) is 0 Å². The second-order valence-corrected chi connectivity index (χ2v) is 6.33. The van der Waals surface area contributed by atoms with E-state index in [-0.39, 0.29) is 16.6 Å². The van der Waals surface area contributed by atoms with E-state index in [0.29, 0.717) is 0 Å². The summed E-state index contributed by atoms with van der Waals surface area (Å²) in [6.07, 6.45) is 0. The first-order chi connectivity index (χ1) is 7.75. The fraction of sp³-hybridized carbons (Fsp3) is 0.444. The van der Waals surface area contributed by atoms with E-state index in [1.54, 1.807) is 13.8 Å². The fourth-order valence-electron chi connectivity index (χ4n) is 1.04. The predicted octanol–water partition coefficient (Wildman–Crippen LogP) is 1.44. The summed E-state index contributed by atoms with van der Waals surface area (Å²) in [5, 5.41) is 10.4. The quantitative estimate of drug-likeness (QED) is 0.853. The molecule has 0 unspecified atom stereocenters. The van der Waals surface area contributed by atoms with Crippen LogP contribution < -0.4 is 4.72 Å². The molecule has 2 N–H and O–H groups in total. The molecule has 96 valence electrons. The highest BCUT2D eigenvalue weighted by atomic mass is 32.2. The van der Waals surface area contributed by atoms with Gasteiger partial charge in [0.15, 0.2) is 0 Å². The van der Waals surface area contributed by atoms with Gasteiger partial charge in [-0.05, 0) is 25.3 Å². The van der Waals surface area contributed by atoms with Crippen LogP contribution in [0.3, 0.4) is 0 Å². The number of carbonyl (C=O) groups is 1. The first-order valence-corrected chi connectivity index (χ1v) is 7.14. The Morgan fingerprint density at radius 1 is 1.53 bits per heavy atom. The van der Waals surface area contributed by atoms with E-state index in [4.69, 9.17) is 5.11 Å². The van der Waals surface area contributed by atoms with Crippen molar-refractivity contribution in [3.8, 4) is 0 Å². The number of hydrogen-bond donors (Lipinski definition) is 2. The smallest absolute Gasteiger partial charge is 0.348 e. The van der Waals surface area contributed by atoms with Crippen LogP contribution in [0.4, 0.5) is 5.69 Å². The molecular weight excluding hydrogens is 264 g/mol. The van der Waals surface area contributed by atoms with Crippen molar-refractivity contribution in [2.45, 2.75) is 19.9 Å². The van der Waals surface area contributed by atoms with Crippen LogP contribution in [0.1, 0.15) is 23.5 Å². The summed E-state index contributed by atoms with van der Waals surface area (Å²) >= 11 is 0.973. The van der Waals surface area contributed by atoms with Crippen LogP contribution in [-0.4, -0.2) is 36.9 Å². The second kappa shape index (κ2) is 5.03. The van der Waals surface area contributed by atoms with E-state index in [0.717, 1.165) is 15.6 Å². The van der Waals surface area contributed by atoms with Gasteiger partial charge in [0, 0.05) is 13.1 Å². The van der Waals surface area contributed by atoms with Gasteiger partial charge >= 0.3 is 16.2 Å². The third-order valence-electron chi connectivity index (χ3n) is 2.20. The molecule has 0 atom stereocenters. The fourth-order valence-corrected chi connectivity index (χ4v) is 2.94. The van der Waals surface area contributed by atoms with Gasteiger partial charge in [-0.3, -0.25) is 4.72 Å². The van der Waals surface area contributed by atoms with E-state index >= 15 is 0 Å². The van der Waals surface area contributed by atoms with Crippen LogP contribution in [0, 0.1) is 0 Å². The highest BCUT2D eigenvalue weighted by Crippen LogP contribution is 2.24. The molecule has 0 bridgehead atoms. The van der Waals surface area contributed by atoms with Crippen LogP contribution in [0.2, 0.25) is 0 Å². The number of nitrogens with zero attached hydrogens (tertiary/aromatic N) is 1. The van der Waals surface area contributed by atoms with E-state index < -0.39 is 16.2 Å². The number of rotatable bonds is 5. The number of aromatic carboxylic acids is 1. The minimum Gasteiger partial charge on any atom is -0.477 e. The van der Waals surface area contributed by atoms with Gasteiger partial charge in [0.25, 0.3) is 0 Å². The third kappa shape index (κ3) is 3.18. The van der Waals surface area contributed by atoms with E-state index in [1.807, 2.05) is 0 Å². The number of nitrogens with one attached hydrogen (secondary N) is 1. The first-order valence-electron chi connectivity index (χ1n) is 4.82. The van der Waals surface area contributed by atoms with Gasteiger partial charge in [0.05, 0.1) is 5.69 Å². The lowest BCUT2D eigenvalue weighted by atomic mass is 10.4. The van der Waals surface area contributed by atoms with Gasteiger partial charge in [-0.1, -0.05) is 0 Å². The Hall–Kier alpha value is -1.12. The molecule has 1 rings (SSSR count). The van der Waals surface area contributed by atoms with Crippen LogP contribution in [0.15, 0.2) is 11.4 Å². The van der Waals surface area contributed by atoms with Crippen molar-refractivity contribution >= 4 is 33.2 Å². The topological polar surface area (TPSA) is 86.7 Å². The van der Waals surface area contributed by atoms with Gasteiger partial charge in [-0.2, -0.15) is 12.7 Å². The highest BCUT2D eigenvalue weighted by Gasteiger charge is 2.23. The van der Waals surface area contributed by atoms with Crippen molar-refractivity contribution in [3.05, 3.63) is 16.3 Å². The molecule has 0 aliphatic carbocycles. The molecule has 0 saturated carbocycles. The Balaban J connectivity index is 2.99. The Morgan fingerprint density at radius 3 is 2.59 bits per heavy atom. The second-order valence-electron chi connectivity index (χ2n) is 3.69. The Morgan fingerprint density at radius 2 is 2.12 bits per heavy atom. The number of anilines is 1. The lowest BCUT2D eigenvalue weighted by molar-refractivity contribution is 0.0703. The molecule has 0 aromatic carbocycles. The van der Waals surface area contributed by atoms with Gasteiger partial charge < -0.3 is 5.11 Å². The van der Waals surface area contributed by atoms with Crippen LogP contribution >= 0.6 is 11.3 Å². The molecule has 0 fully saturated rings. The largest absolute Gasteiger partial charge is 0.477 e. The standard InChI is InChI=1S/C9H14N2O4S2/c1-6(2)11(3)17(14,15)10-7-4-5-16-8(7)9(12)13/h4-6,10H,1-3H3,(H,12,13). The van der Waals surface area contributed by atoms with E-state index in [9.17, 15) is 13.2 Å². The van der Waals surface area contributed by atoms with Gasteiger partial charge in [-0.25, -0.2) is 4.79 Å². The lowest BCUT2D eigenvalue weighted by Gasteiger charge is -2.21. The van der Waals surface area contributed by atoms with Crippen molar-refractivity contribution < 1.29 is 18.3 Å². The summed E-state index contributed by atoms with van der Waals surface area (Å²) in [5.41, 5.74) is 0.0926. The molecule has 17 heavy (non-hydrogen) atoms. The summed E-state index contributed by atoms with van der Waals surface area (Å²) in [7, 11) is -2.28. The molecule has 1 aromatic heterocycles. The minimum atomic E-state index is -3.71. The van der Waals surface area contributed by atoms with Crippen molar-refractivity contribution in [1.82, 2.24) is 4.31 Å². The normalized spacial score (nSPS) is 12.1. The third-order valence-corrected chi connectivity index (χ3v) is 4.76. The van der Waals surface area contributed by atoms with Gasteiger partial charge in [0.1, 0.15) is 4.88 Å². The Bertz CT molecular complexity index is 507. The number of carboxylic acid groups (broad SMARTS) is 1. The molecule has 0 radical (unpaired) electrons. The zero-order chi connectivity index (χ0) is 13.2. The molecular formula is C9H14N2O4S2. The first kappa shape index (κ1) is 13.9. The molecule has 1 heterocycles. The maximum Gasteiger partial charge on any atom is 0.348 e. The van der Waals surface area contributed by atoms with Gasteiger partial charge in [-0.15, -0.1) is 11.3 Å². The zero-order valence-electron chi connectivity index (χ0n) is 9.67. The van der Waals surface area contributed by atoms with Crippen molar-refractivity contribution in [1.29, 1.82) is 0 Å². The van der Waals surface area contributed by atoms with Crippen LogP contribution in [-0.2, 0) is 10.2 Å². The summed E-state index contributed by atoms with van der Waals surface area (Å²) in [6.45, 7) is 3.45. The Labute approximate surface area is 104 Å². The average molecular weight is 278 g/mol. The molecule has 8 heteroatoms. The van der Waals surface area contributed by atoms with Crippen molar-refractivity contribution in [2.24, 2.45) is 0 Å². The summed E-state index contributed by atoms with van der Waals surface area (Å²) < 4.78 is 27.1. The van der Waals surface area contributed by atoms with E-state index in [1.165, 1.54) is 18.5 Å². The molecule has 6 nitrogen and oxygen atoms in total. The van der Waals surface area contributed by atoms with Crippen LogP contribution in [0.25, 0.3) is 0 Å². The highest BCUT2D eigenvalue weighted by molar-refractivity contribution is 7.90. The zero-order valence-corrected chi connectivity index (χ0v) is 11.3. The van der Waals surface area contributed by atoms with Crippen molar-refractivity contribution in [3.63, 3.8) is 0 Å².